The number of rotatable bonds is 6. The van der Waals surface area contributed by atoms with Crippen LogP contribution in [0.15, 0.2) is 48.5 Å². The molecule has 2 aromatic carbocycles. The Labute approximate surface area is 154 Å². The van der Waals surface area contributed by atoms with Gasteiger partial charge in [-0.15, -0.1) is 0 Å². The Balaban J connectivity index is 0.00000151. The highest BCUT2D eigenvalue weighted by atomic mass is 16.5. The zero-order valence-electron chi connectivity index (χ0n) is 17.1. The first-order chi connectivity index (χ1) is 11.7. The van der Waals surface area contributed by atoms with E-state index in [1.54, 1.807) is 0 Å². The van der Waals surface area contributed by atoms with Crippen molar-refractivity contribution in [1.82, 2.24) is 0 Å². The molecule has 2 aromatic rings. The van der Waals surface area contributed by atoms with Gasteiger partial charge in [-0.25, -0.2) is 0 Å². The largest absolute Gasteiger partial charge is 0.488 e. The summed E-state index contributed by atoms with van der Waals surface area (Å²) in [6, 6.07) is 16.4. The van der Waals surface area contributed by atoms with Crippen LogP contribution in [0.4, 0.5) is 0 Å². The molecule has 0 radical (unpaired) electrons. The Bertz CT molecular complexity index is 565. The lowest BCUT2D eigenvalue weighted by Gasteiger charge is -2.35. The molecule has 0 N–H and O–H groups in total. The van der Waals surface area contributed by atoms with Crippen LogP contribution in [0.3, 0.4) is 0 Å². The summed E-state index contributed by atoms with van der Waals surface area (Å²) in [6.07, 6.45) is 0.780. The zero-order valence-corrected chi connectivity index (χ0v) is 17.1. The fourth-order valence-corrected chi connectivity index (χ4v) is 2.95. The van der Waals surface area contributed by atoms with Gasteiger partial charge in [0.15, 0.2) is 0 Å². The molecular formula is C23H34O2. The van der Waals surface area contributed by atoms with E-state index < -0.39 is 0 Å². The van der Waals surface area contributed by atoms with Crippen molar-refractivity contribution in [2.45, 2.75) is 73.0 Å². The van der Waals surface area contributed by atoms with Gasteiger partial charge in [-0.1, -0.05) is 49.2 Å². The summed E-state index contributed by atoms with van der Waals surface area (Å²) in [6.45, 7) is 16.6. The normalized spacial score (nSPS) is 11.4. The van der Waals surface area contributed by atoms with Crippen LogP contribution >= 0.6 is 0 Å². The lowest BCUT2D eigenvalue weighted by atomic mass is 9.92. The SMILES string of the molecule is CC.Cc1ccc(OC(C)(C)CC(C)(C)Oc2ccc(C)cc2)cc1. The third-order valence-corrected chi connectivity index (χ3v) is 3.68. The average molecular weight is 343 g/mol. The molecule has 2 heteroatoms. The van der Waals surface area contributed by atoms with Gasteiger partial charge in [0.2, 0.25) is 0 Å². The molecule has 0 fully saturated rings. The van der Waals surface area contributed by atoms with Gasteiger partial charge in [0.25, 0.3) is 0 Å². The molecule has 0 saturated heterocycles. The summed E-state index contributed by atoms with van der Waals surface area (Å²) < 4.78 is 12.3. The molecule has 2 nitrogen and oxygen atoms in total. The molecule has 0 unspecified atom stereocenters. The molecule has 2 rings (SSSR count). The molecule has 0 aromatic heterocycles. The number of benzene rings is 2. The molecule has 0 spiro atoms. The van der Waals surface area contributed by atoms with Crippen molar-refractivity contribution in [2.75, 3.05) is 0 Å². The second-order valence-electron chi connectivity index (χ2n) is 7.53. The molecule has 0 aliphatic heterocycles. The predicted molar refractivity (Wildman–Crippen MR) is 108 cm³/mol. The van der Waals surface area contributed by atoms with Crippen molar-refractivity contribution >= 4 is 0 Å². The molecule has 0 saturated carbocycles. The summed E-state index contributed by atoms with van der Waals surface area (Å²) in [7, 11) is 0. The Morgan fingerprint density at radius 3 is 1.16 bits per heavy atom. The Morgan fingerprint density at radius 2 is 0.880 bits per heavy atom. The van der Waals surface area contributed by atoms with Crippen molar-refractivity contribution in [3.05, 3.63) is 59.7 Å². The van der Waals surface area contributed by atoms with Gasteiger partial charge in [0.05, 0.1) is 0 Å². The lowest BCUT2D eigenvalue weighted by Crippen LogP contribution is -2.41. The van der Waals surface area contributed by atoms with Crippen molar-refractivity contribution in [3.8, 4) is 11.5 Å². The maximum atomic E-state index is 6.17. The number of hydrogen-bond acceptors (Lipinski definition) is 2. The minimum absolute atomic E-state index is 0.316. The first-order valence-corrected chi connectivity index (χ1v) is 9.17. The van der Waals surface area contributed by atoms with E-state index >= 15 is 0 Å². The molecule has 0 bridgehead atoms. The molecule has 0 heterocycles. The highest BCUT2D eigenvalue weighted by Crippen LogP contribution is 2.30. The van der Waals surface area contributed by atoms with E-state index in [-0.39, 0.29) is 11.2 Å². The maximum absolute atomic E-state index is 6.17. The van der Waals surface area contributed by atoms with E-state index in [4.69, 9.17) is 9.47 Å². The van der Waals surface area contributed by atoms with E-state index in [9.17, 15) is 0 Å². The van der Waals surface area contributed by atoms with E-state index in [1.165, 1.54) is 11.1 Å². The predicted octanol–water partition coefficient (Wildman–Crippen LogP) is 6.73. The van der Waals surface area contributed by atoms with E-state index in [0.717, 1.165) is 17.9 Å². The minimum atomic E-state index is -0.316. The fourth-order valence-electron chi connectivity index (χ4n) is 2.95. The van der Waals surface area contributed by atoms with Crippen LogP contribution in [-0.2, 0) is 0 Å². The van der Waals surface area contributed by atoms with E-state index in [0.29, 0.717) is 0 Å². The fraction of sp³-hybridized carbons (Fsp3) is 0.478. The molecular weight excluding hydrogens is 308 g/mol. The smallest absolute Gasteiger partial charge is 0.120 e. The van der Waals surface area contributed by atoms with Crippen molar-refractivity contribution in [2.24, 2.45) is 0 Å². The van der Waals surface area contributed by atoms with Crippen LogP contribution in [-0.4, -0.2) is 11.2 Å². The summed E-state index contributed by atoms with van der Waals surface area (Å²) in [5.74, 6) is 1.79. The lowest BCUT2D eigenvalue weighted by molar-refractivity contribution is 0.00504. The van der Waals surface area contributed by atoms with Crippen LogP contribution in [0.5, 0.6) is 11.5 Å². The van der Waals surface area contributed by atoms with Crippen molar-refractivity contribution in [3.63, 3.8) is 0 Å². The monoisotopic (exact) mass is 342 g/mol. The zero-order chi connectivity index (χ0) is 19.1. The standard InChI is InChI=1S/C21H28O2.C2H6/c1-16-7-11-18(12-8-16)22-20(3,4)15-21(5,6)23-19-13-9-17(2)10-14-19;1-2/h7-14H,15H2,1-6H3;1-2H3. The van der Waals surface area contributed by atoms with Gasteiger partial charge in [0, 0.05) is 6.42 Å². The molecule has 0 aliphatic carbocycles. The summed E-state index contributed by atoms with van der Waals surface area (Å²) in [4.78, 5) is 0. The first kappa shape index (κ1) is 21.1. The summed E-state index contributed by atoms with van der Waals surface area (Å²) in [5.41, 5.74) is 1.84. The second-order valence-corrected chi connectivity index (χ2v) is 7.53. The highest BCUT2D eigenvalue weighted by Gasteiger charge is 2.32. The van der Waals surface area contributed by atoms with Gasteiger partial charge in [-0.3, -0.25) is 0 Å². The maximum Gasteiger partial charge on any atom is 0.120 e. The Kier molecular flexibility index (Phi) is 7.54. The van der Waals surface area contributed by atoms with Crippen LogP contribution in [0.25, 0.3) is 0 Å². The van der Waals surface area contributed by atoms with Crippen LogP contribution in [0.2, 0.25) is 0 Å². The number of hydrogen-bond donors (Lipinski definition) is 0. The summed E-state index contributed by atoms with van der Waals surface area (Å²) in [5, 5.41) is 0. The van der Waals surface area contributed by atoms with E-state index in [1.807, 2.05) is 38.1 Å². The number of ether oxygens (including phenoxy) is 2. The molecule has 0 aliphatic rings. The van der Waals surface area contributed by atoms with Crippen molar-refractivity contribution in [1.29, 1.82) is 0 Å². The van der Waals surface area contributed by atoms with Crippen LogP contribution in [0.1, 0.15) is 59.1 Å². The third-order valence-electron chi connectivity index (χ3n) is 3.68. The Morgan fingerprint density at radius 1 is 0.600 bits per heavy atom. The second kappa shape index (κ2) is 8.94. The van der Waals surface area contributed by atoms with Gasteiger partial charge in [-0.2, -0.15) is 0 Å². The van der Waals surface area contributed by atoms with Gasteiger partial charge in [0.1, 0.15) is 22.7 Å². The summed E-state index contributed by atoms with van der Waals surface area (Å²) >= 11 is 0. The van der Waals surface area contributed by atoms with Gasteiger partial charge < -0.3 is 9.47 Å². The molecule has 0 atom stereocenters. The molecule has 25 heavy (non-hydrogen) atoms. The van der Waals surface area contributed by atoms with Crippen molar-refractivity contribution < 1.29 is 9.47 Å². The van der Waals surface area contributed by atoms with Crippen LogP contribution < -0.4 is 9.47 Å². The first-order valence-electron chi connectivity index (χ1n) is 9.17. The Hall–Kier alpha value is -1.96. The number of aryl methyl sites for hydroxylation is 2. The quantitative estimate of drug-likeness (QED) is 0.579. The molecule has 0 amide bonds. The topological polar surface area (TPSA) is 18.5 Å². The third kappa shape index (κ3) is 7.64. The van der Waals surface area contributed by atoms with Gasteiger partial charge in [-0.05, 0) is 65.8 Å². The van der Waals surface area contributed by atoms with Gasteiger partial charge >= 0.3 is 0 Å². The van der Waals surface area contributed by atoms with E-state index in [2.05, 4.69) is 65.8 Å². The highest BCUT2D eigenvalue weighted by molar-refractivity contribution is 5.28. The average Bonchev–Trinajstić information content (AvgIpc) is 2.52. The minimum Gasteiger partial charge on any atom is -0.488 e. The van der Waals surface area contributed by atoms with Crippen LogP contribution in [0, 0.1) is 13.8 Å². The molecule has 138 valence electrons.